The number of rotatable bonds is 11. The monoisotopic (exact) mass is 573 g/mol. The molecule has 0 radical (unpaired) electrons. The number of hydrogen-bond donors (Lipinski definition) is 4. The van der Waals surface area contributed by atoms with Crippen LogP contribution in [0, 0.1) is 5.41 Å². The van der Waals surface area contributed by atoms with Crippen LogP contribution < -0.4 is 16.3 Å². The van der Waals surface area contributed by atoms with Gasteiger partial charge < -0.3 is 10.2 Å². The molecule has 0 amide bonds. The maximum Gasteiger partial charge on any atom is 0.405 e. The molecule has 1 aromatic carbocycles. The molecule has 1 aromatic heterocycles. The highest BCUT2D eigenvalue weighted by Gasteiger charge is 2.44. The van der Waals surface area contributed by atoms with Crippen LogP contribution in [0.5, 0.6) is 0 Å². The van der Waals surface area contributed by atoms with Crippen molar-refractivity contribution in [2.45, 2.75) is 50.1 Å². The van der Waals surface area contributed by atoms with Gasteiger partial charge >= 0.3 is 13.4 Å². The van der Waals surface area contributed by atoms with Gasteiger partial charge in [-0.1, -0.05) is 62.9 Å². The van der Waals surface area contributed by atoms with Crippen molar-refractivity contribution >= 4 is 36.4 Å². The molecule has 0 aliphatic carbocycles. The molecule has 1 saturated heterocycles. The number of carbonyl (C=O) groups is 1. The first-order valence-electron chi connectivity index (χ1n) is 11.6. The zero-order valence-electron chi connectivity index (χ0n) is 20.7. The largest absolute Gasteiger partial charge is 0.405 e. The van der Waals surface area contributed by atoms with Crippen LogP contribution in [0.4, 0.5) is 0 Å². The lowest BCUT2D eigenvalue weighted by molar-refractivity contribution is -0.117. The van der Waals surface area contributed by atoms with Gasteiger partial charge in [-0.15, -0.1) is 11.8 Å². The van der Waals surface area contributed by atoms with Crippen LogP contribution in [-0.4, -0.2) is 61.3 Å². The van der Waals surface area contributed by atoms with Crippen molar-refractivity contribution in [3.63, 3.8) is 0 Å². The van der Waals surface area contributed by atoms with Gasteiger partial charge in [0.2, 0.25) is 0 Å². The van der Waals surface area contributed by atoms with Gasteiger partial charge in [0, 0.05) is 30.0 Å². The van der Waals surface area contributed by atoms with Gasteiger partial charge in [0.05, 0.1) is 24.6 Å². The van der Waals surface area contributed by atoms with Gasteiger partial charge in [0.15, 0.2) is 5.12 Å². The van der Waals surface area contributed by atoms with Crippen molar-refractivity contribution in [1.82, 2.24) is 14.6 Å². The van der Waals surface area contributed by atoms with Crippen molar-refractivity contribution < 1.29 is 28.6 Å². The molecule has 1 fully saturated rings. The van der Waals surface area contributed by atoms with Gasteiger partial charge in [0.25, 0.3) is 5.56 Å². The van der Waals surface area contributed by atoms with E-state index in [2.05, 4.69) is 10.1 Å². The van der Waals surface area contributed by atoms with Crippen molar-refractivity contribution in [3.8, 4) is 0 Å². The van der Waals surface area contributed by atoms with Crippen LogP contribution >= 0.6 is 31.3 Å². The Labute approximate surface area is 222 Å². The second kappa shape index (κ2) is 12.9. The Morgan fingerprint density at radius 1 is 1.16 bits per heavy atom. The Kier molecular flexibility index (Phi) is 10.4. The number of aromatic amines is 1. The standard InChI is InChI=1S/C23H32N3O8PS2/c1-23(2,3)21(30)36-12-11-33-35(32,24-13-15-7-5-4-6-8-15)34-14-16-18(28)19(29)20(37-16)26-10-9-17(27)25-22(26)31/h4-10,16,18-20,28-29H,11-14H2,1-3H3,(H,24,32)(H,25,27,31). The highest BCUT2D eigenvalue weighted by molar-refractivity contribution is 8.13. The number of carbonyl (C=O) groups excluding carboxylic acids is 1. The Morgan fingerprint density at radius 3 is 2.51 bits per heavy atom. The Hall–Kier alpha value is -1.70. The molecule has 11 nitrogen and oxygen atoms in total. The van der Waals surface area contributed by atoms with Gasteiger partial charge in [-0.05, 0) is 5.56 Å². The molecule has 5 atom stereocenters. The Balaban J connectivity index is 1.65. The summed E-state index contributed by atoms with van der Waals surface area (Å²) in [7, 11) is -3.89. The first-order valence-corrected chi connectivity index (χ1v) is 15.1. The van der Waals surface area contributed by atoms with Crippen LogP contribution in [0.2, 0.25) is 0 Å². The zero-order valence-corrected chi connectivity index (χ0v) is 23.3. The molecule has 14 heteroatoms. The maximum absolute atomic E-state index is 13.5. The minimum absolute atomic E-state index is 0.0212. The van der Waals surface area contributed by atoms with E-state index in [-0.39, 0.29) is 30.6 Å². The summed E-state index contributed by atoms with van der Waals surface area (Å²) >= 11 is 2.13. The molecule has 1 aliphatic heterocycles. The summed E-state index contributed by atoms with van der Waals surface area (Å²) < 4.78 is 25.9. The normalized spacial score (nSPS) is 23.6. The number of aliphatic hydroxyl groups is 2. The van der Waals surface area contributed by atoms with Crippen molar-refractivity contribution in [2.75, 3.05) is 19.0 Å². The zero-order chi connectivity index (χ0) is 27.2. The fourth-order valence-corrected chi connectivity index (χ4v) is 7.09. The van der Waals surface area contributed by atoms with Crippen LogP contribution in [-0.2, 0) is 25.0 Å². The molecule has 2 aromatic rings. The fraction of sp³-hybridized carbons (Fsp3) is 0.522. The van der Waals surface area contributed by atoms with Gasteiger partial charge in [0.1, 0.15) is 11.5 Å². The summed E-state index contributed by atoms with van der Waals surface area (Å²) in [6, 6.07) is 10.4. The number of hydrogen-bond acceptors (Lipinski definition) is 10. The quantitative estimate of drug-likeness (QED) is 0.230. The highest BCUT2D eigenvalue weighted by atomic mass is 32.2. The summed E-state index contributed by atoms with van der Waals surface area (Å²) in [6.07, 6.45) is -1.39. The van der Waals surface area contributed by atoms with Gasteiger partial charge in [-0.2, -0.15) is 0 Å². The fourth-order valence-electron chi connectivity index (χ4n) is 3.32. The van der Waals surface area contributed by atoms with Crippen LogP contribution in [0.25, 0.3) is 0 Å². The van der Waals surface area contributed by atoms with Gasteiger partial charge in [-0.25, -0.2) is 14.4 Å². The number of nitrogens with one attached hydrogen (secondary N) is 2. The molecule has 0 spiro atoms. The first kappa shape index (κ1) is 29.9. The molecule has 204 valence electrons. The van der Waals surface area contributed by atoms with Crippen LogP contribution in [0.1, 0.15) is 31.7 Å². The number of aliphatic hydroxyl groups excluding tert-OH is 2. The number of aromatic nitrogens is 2. The van der Waals surface area contributed by atoms with E-state index in [4.69, 9.17) is 9.05 Å². The van der Waals surface area contributed by atoms with Crippen LogP contribution in [0.3, 0.4) is 0 Å². The third-order valence-electron chi connectivity index (χ3n) is 5.38. The minimum atomic E-state index is -3.89. The lowest BCUT2D eigenvalue weighted by Gasteiger charge is -2.22. The molecule has 0 bridgehead atoms. The van der Waals surface area contributed by atoms with Crippen molar-refractivity contribution in [2.24, 2.45) is 5.41 Å². The molecular weight excluding hydrogens is 541 g/mol. The van der Waals surface area contributed by atoms with E-state index in [1.807, 2.05) is 51.1 Å². The smallest absolute Gasteiger partial charge is 0.389 e. The summed E-state index contributed by atoms with van der Waals surface area (Å²) in [5.41, 5.74) is -0.977. The molecule has 1 aliphatic rings. The third kappa shape index (κ3) is 8.39. The van der Waals surface area contributed by atoms with Gasteiger partial charge in [-0.3, -0.25) is 28.2 Å². The Bertz CT molecular complexity index is 1220. The summed E-state index contributed by atoms with van der Waals surface area (Å²) in [5, 5.41) is 22.2. The number of H-pyrrole nitrogens is 1. The highest BCUT2D eigenvalue weighted by Crippen LogP contribution is 2.48. The molecule has 0 saturated carbocycles. The number of nitrogens with zero attached hydrogens (tertiary/aromatic N) is 1. The van der Waals surface area contributed by atoms with E-state index in [0.717, 1.165) is 39.7 Å². The van der Waals surface area contributed by atoms with E-state index < -0.39 is 47.2 Å². The predicted molar refractivity (Wildman–Crippen MR) is 143 cm³/mol. The summed E-state index contributed by atoms with van der Waals surface area (Å²) in [4.78, 5) is 37.8. The lowest BCUT2D eigenvalue weighted by Crippen LogP contribution is -2.37. The van der Waals surface area contributed by atoms with Crippen LogP contribution in [0.15, 0.2) is 52.2 Å². The number of thioether (sulfide) groups is 2. The number of benzene rings is 1. The van der Waals surface area contributed by atoms with E-state index in [0.29, 0.717) is 0 Å². The molecular formula is C23H32N3O8PS2. The topological polar surface area (TPSA) is 160 Å². The molecule has 2 heterocycles. The van der Waals surface area contributed by atoms with Crippen molar-refractivity contribution in [1.29, 1.82) is 0 Å². The molecule has 5 unspecified atom stereocenters. The summed E-state index contributed by atoms with van der Waals surface area (Å²) in [6.45, 7) is 5.34. The van der Waals surface area contributed by atoms with E-state index in [1.54, 1.807) is 0 Å². The predicted octanol–water partition coefficient (Wildman–Crippen LogP) is 2.11. The van der Waals surface area contributed by atoms with E-state index in [1.165, 1.54) is 6.20 Å². The minimum Gasteiger partial charge on any atom is -0.389 e. The Morgan fingerprint density at radius 2 is 1.86 bits per heavy atom. The van der Waals surface area contributed by atoms with E-state index >= 15 is 0 Å². The first-order chi connectivity index (χ1) is 17.4. The average Bonchev–Trinajstić information content (AvgIpc) is 3.13. The second-order valence-corrected chi connectivity index (χ2v) is 13.7. The molecule has 4 N–H and O–H groups in total. The van der Waals surface area contributed by atoms with E-state index in [9.17, 15) is 29.2 Å². The average molecular weight is 574 g/mol. The summed E-state index contributed by atoms with van der Waals surface area (Å²) in [5.74, 6) is 0.271. The molecule has 37 heavy (non-hydrogen) atoms. The maximum atomic E-state index is 13.5. The third-order valence-corrected chi connectivity index (χ3v) is 9.73. The molecule has 3 rings (SSSR count). The van der Waals surface area contributed by atoms with Crippen molar-refractivity contribution in [3.05, 3.63) is 69.0 Å². The second-order valence-electron chi connectivity index (χ2n) is 9.40. The SMILES string of the molecule is CC(C)(C)C(=O)SCCOP(=O)(NCc1ccccc1)OCC1SC(n2ccc(=O)[nH]c2=O)C(O)C1O. The lowest BCUT2D eigenvalue weighted by atomic mass is 10.00.